The van der Waals surface area contributed by atoms with Gasteiger partial charge in [0.05, 0.1) is 6.54 Å². The van der Waals surface area contributed by atoms with Gasteiger partial charge in [0.15, 0.2) is 0 Å². The number of carboxylic acid groups (broad SMARTS) is 1. The van der Waals surface area contributed by atoms with Gasteiger partial charge in [-0.15, -0.1) is 0 Å². The molecule has 1 aromatic heterocycles. The van der Waals surface area contributed by atoms with Gasteiger partial charge in [0.2, 0.25) is 0 Å². The number of aryl methyl sites for hydroxylation is 2. The van der Waals surface area contributed by atoms with E-state index in [1.165, 1.54) is 0 Å². The number of nitrogens with one attached hydrogen (secondary N) is 1. The predicted octanol–water partition coefficient (Wildman–Crippen LogP) is 2.89. The van der Waals surface area contributed by atoms with Crippen molar-refractivity contribution in [2.75, 3.05) is 18.5 Å². The monoisotopic (exact) mass is 286 g/mol. The zero-order valence-corrected chi connectivity index (χ0v) is 12.1. The van der Waals surface area contributed by atoms with E-state index in [0.29, 0.717) is 24.5 Å². The van der Waals surface area contributed by atoms with Crippen LogP contribution in [0.15, 0.2) is 36.4 Å². The Bertz CT molecular complexity index is 627. The third kappa shape index (κ3) is 3.95. The number of carbonyl (C=O) groups is 1. The molecular weight excluding hydrogens is 268 g/mol. The molecule has 0 aliphatic rings. The van der Waals surface area contributed by atoms with E-state index in [4.69, 9.17) is 4.74 Å². The standard InChI is InChI=1S/C16H18N2O3/c1-11-10-12(2)18-15(14(11)16(19)20)17-8-9-21-13-6-4-3-5-7-13/h3-7,10H,8-9H2,1-2H3,(H,17,18)(H,19,20). The summed E-state index contributed by atoms with van der Waals surface area (Å²) in [6.07, 6.45) is 0. The van der Waals surface area contributed by atoms with E-state index in [9.17, 15) is 9.90 Å². The predicted molar refractivity (Wildman–Crippen MR) is 81.1 cm³/mol. The van der Waals surface area contributed by atoms with Crippen LogP contribution < -0.4 is 10.1 Å². The van der Waals surface area contributed by atoms with Crippen LogP contribution in [0.5, 0.6) is 5.75 Å². The number of rotatable bonds is 6. The summed E-state index contributed by atoms with van der Waals surface area (Å²) < 4.78 is 5.55. The second kappa shape index (κ2) is 6.74. The molecule has 0 bridgehead atoms. The Hall–Kier alpha value is -2.56. The van der Waals surface area contributed by atoms with E-state index in [-0.39, 0.29) is 5.56 Å². The van der Waals surface area contributed by atoms with E-state index in [2.05, 4.69) is 10.3 Å². The molecular formula is C16H18N2O3. The van der Waals surface area contributed by atoms with Gasteiger partial charge in [0, 0.05) is 5.69 Å². The van der Waals surface area contributed by atoms with Gasteiger partial charge in [0.1, 0.15) is 23.7 Å². The van der Waals surface area contributed by atoms with Crippen molar-refractivity contribution in [3.05, 3.63) is 53.2 Å². The van der Waals surface area contributed by atoms with E-state index >= 15 is 0 Å². The second-order valence-corrected chi connectivity index (χ2v) is 4.70. The van der Waals surface area contributed by atoms with Crippen molar-refractivity contribution in [3.8, 4) is 5.75 Å². The zero-order valence-electron chi connectivity index (χ0n) is 12.1. The fourth-order valence-corrected chi connectivity index (χ4v) is 2.09. The Kier molecular flexibility index (Phi) is 4.77. The Balaban J connectivity index is 1.98. The van der Waals surface area contributed by atoms with Crippen LogP contribution in [0.2, 0.25) is 0 Å². The van der Waals surface area contributed by atoms with Gasteiger partial charge in [0.25, 0.3) is 0 Å². The first-order valence-electron chi connectivity index (χ1n) is 6.71. The highest BCUT2D eigenvalue weighted by Gasteiger charge is 2.15. The lowest BCUT2D eigenvalue weighted by molar-refractivity contribution is 0.0696. The van der Waals surface area contributed by atoms with Crippen LogP contribution in [0.4, 0.5) is 5.82 Å². The molecule has 0 saturated heterocycles. The van der Waals surface area contributed by atoms with Crippen molar-refractivity contribution in [2.24, 2.45) is 0 Å². The average Bonchev–Trinajstić information content (AvgIpc) is 2.43. The highest BCUT2D eigenvalue weighted by molar-refractivity contribution is 5.94. The maximum atomic E-state index is 11.3. The summed E-state index contributed by atoms with van der Waals surface area (Å²) in [7, 11) is 0. The molecule has 0 aliphatic heterocycles. The molecule has 2 aromatic rings. The van der Waals surface area contributed by atoms with Crippen LogP contribution >= 0.6 is 0 Å². The minimum Gasteiger partial charge on any atom is -0.492 e. The van der Waals surface area contributed by atoms with Crippen molar-refractivity contribution >= 4 is 11.8 Å². The molecule has 110 valence electrons. The number of aromatic nitrogens is 1. The number of hydrogen-bond donors (Lipinski definition) is 2. The van der Waals surface area contributed by atoms with Crippen LogP contribution in [0, 0.1) is 13.8 Å². The van der Waals surface area contributed by atoms with Crippen LogP contribution in [-0.2, 0) is 0 Å². The van der Waals surface area contributed by atoms with Crippen LogP contribution in [0.25, 0.3) is 0 Å². The molecule has 0 unspecified atom stereocenters. The second-order valence-electron chi connectivity index (χ2n) is 4.70. The van der Waals surface area contributed by atoms with Gasteiger partial charge in [-0.2, -0.15) is 0 Å². The Morgan fingerprint density at radius 3 is 2.67 bits per heavy atom. The summed E-state index contributed by atoms with van der Waals surface area (Å²) >= 11 is 0. The molecule has 0 atom stereocenters. The average molecular weight is 286 g/mol. The van der Waals surface area contributed by atoms with E-state index in [1.54, 1.807) is 13.0 Å². The van der Waals surface area contributed by atoms with Gasteiger partial charge in [-0.3, -0.25) is 0 Å². The molecule has 21 heavy (non-hydrogen) atoms. The lowest BCUT2D eigenvalue weighted by Crippen LogP contribution is -2.16. The summed E-state index contributed by atoms with van der Waals surface area (Å²) in [5.74, 6) is 0.189. The SMILES string of the molecule is Cc1cc(C)c(C(=O)O)c(NCCOc2ccccc2)n1. The number of hydrogen-bond acceptors (Lipinski definition) is 4. The summed E-state index contributed by atoms with van der Waals surface area (Å²) in [5.41, 5.74) is 1.69. The number of nitrogens with zero attached hydrogens (tertiary/aromatic N) is 1. The highest BCUT2D eigenvalue weighted by atomic mass is 16.5. The van der Waals surface area contributed by atoms with Crippen LogP contribution in [0.1, 0.15) is 21.6 Å². The van der Waals surface area contributed by atoms with Crippen LogP contribution in [0.3, 0.4) is 0 Å². The third-order valence-electron chi connectivity index (χ3n) is 2.96. The first-order chi connectivity index (χ1) is 10.1. The molecule has 0 amide bonds. The fraction of sp³-hybridized carbons (Fsp3) is 0.250. The maximum Gasteiger partial charge on any atom is 0.339 e. The quantitative estimate of drug-likeness (QED) is 0.799. The Morgan fingerprint density at radius 2 is 2.00 bits per heavy atom. The Morgan fingerprint density at radius 1 is 1.29 bits per heavy atom. The molecule has 0 fully saturated rings. The highest BCUT2D eigenvalue weighted by Crippen LogP contribution is 2.18. The van der Waals surface area contributed by atoms with Gasteiger partial charge < -0.3 is 15.2 Å². The fourth-order valence-electron chi connectivity index (χ4n) is 2.09. The topological polar surface area (TPSA) is 71.5 Å². The molecule has 1 aromatic carbocycles. The minimum absolute atomic E-state index is 0.209. The summed E-state index contributed by atoms with van der Waals surface area (Å²) in [6, 6.07) is 11.2. The third-order valence-corrected chi connectivity index (χ3v) is 2.96. The number of benzene rings is 1. The van der Waals surface area contributed by atoms with E-state index in [0.717, 1.165) is 11.4 Å². The molecule has 5 heteroatoms. The van der Waals surface area contributed by atoms with Crippen molar-refractivity contribution in [2.45, 2.75) is 13.8 Å². The van der Waals surface area contributed by atoms with Gasteiger partial charge >= 0.3 is 5.97 Å². The first kappa shape index (κ1) is 14.8. The molecule has 5 nitrogen and oxygen atoms in total. The first-order valence-corrected chi connectivity index (χ1v) is 6.71. The van der Waals surface area contributed by atoms with Crippen molar-refractivity contribution in [3.63, 3.8) is 0 Å². The summed E-state index contributed by atoms with van der Waals surface area (Å²) in [6.45, 7) is 4.51. The molecule has 2 rings (SSSR count). The minimum atomic E-state index is -0.980. The normalized spacial score (nSPS) is 10.2. The molecule has 0 aliphatic carbocycles. The van der Waals surface area contributed by atoms with Crippen molar-refractivity contribution < 1.29 is 14.6 Å². The van der Waals surface area contributed by atoms with Gasteiger partial charge in [-0.25, -0.2) is 9.78 Å². The van der Waals surface area contributed by atoms with Crippen molar-refractivity contribution in [1.82, 2.24) is 4.98 Å². The van der Waals surface area contributed by atoms with Crippen LogP contribution in [-0.4, -0.2) is 29.2 Å². The van der Waals surface area contributed by atoms with Gasteiger partial charge in [-0.1, -0.05) is 18.2 Å². The largest absolute Gasteiger partial charge is 0.492 e. The summed E-state index contributed by atoms with van der Waals surface area (Å²) in [5, 5.41) is 12.3. The molecule has 2 N–H and O–H groups in total. The molecule has 0 saturated carbocycles. The zero-order chi connectivity index (χ0) is 15.2. The number of para-hydroxylation sites is 1. The van der Waals surface area contributed by atoms with Gasteiger partial charge in [-0.05, 0) is 37.6 Å². The number of ether oxygens (including phenoxy) is 1. The number of pyridine rings is 1. The number of aromatic carboxylic acids is 1. The lowest BCUT2D eigenvalue weighted by Gasteiger charge is -2.12. The van der Waals surface area contributed by atoms with E-state index in [1.807, 2.05) is 37.3 Å². The number of carboxylic acids is 1. The lowest BCUT2D eigenvalue weighted by atomic mass is 10.1. The molecule has 0 radical (unpaired) electrons. The summed E-state index contributed by atoms with van der Waals surface area (Å²) in [4.78, 5) is 15.5. The van der Waals surface area contributed by atoms with Crippen molar-refractivity contribution in [1.29, 1.82) is 0 Å². The smallest absolute Gasteiger partial charge is 0.339 e. The molecule has 1 heterocycles. The Labute approximate surface area is 123 Å². The molecule has 0 spiro atoms. The number of anilines is 1. The maximum absolute atomic E-state index is 11.3. The van der Waals surface area contributed by atoms with E-state index < -0.39 is 5.97 Å².